The van der Waals surface area contributed by atoms with Crippen LogP contribution in [0.4, 0.5) is 4.39 Å². The molecule has 36 heavy (non-hydrogen) atoms. The second-order valence-corrected chi connectivity index (χ2v) is 9.71. The molecule has 1 aliphatic carbocycles. The molecular weight excluding hydrogens is 451 g/mol. The van der Waals surface area contributed by atoms with Crippen molar-refractivity contribution in [2.75, 3.05) is 0 Å². The van der Waals surface area contributed by atoms with E-state index in [9.17, 15) is 14.0 Å². The van der Waals surface area contributed by atoms with Crippen LogP contribution in [0.1, 0.15) is 68.1 Å². The van der Waals surface area contributed by atoms with E-state index in [1.165, 1.54) is 17.4 Å². The minimum absolute atomic E-state index is 0.0427. The Kier molecular flexibility index (Phi) is 8.88. The van der Waals surface area contributed by atoms with Gasteiger partial charge in [-0.2, -0.15) is 0 Å². The van der Waals surface area contributed by atoms with E-state index in [1.54, 1.807) is 25.1 Å². The van der Waals surface area contributed by atoms with Crippen molar-refractivity contribution in [2.24, 2.45) is 0 Å². The summed E-state index contributed by atoms with van der Waals surface area (Å²) in [6, 6.07) is 25.7. The average molecular weight is 487 g/mol. The third kappa shape index (κ3) is 6.60. The van der Waals surface area contributed by atoms with Crippen LogP contribution in [0.5, 0.6) is 0 Å². The minimum atomic E-state index is -0.716. The Morgan fingerprint density at radius 3 is 2.00 bits per heavy atom. The highest BCUT2D eigenvalue weighted by molar-refractivity contribution is 5.88. The van der Waals surface area contributed by atoms with Crippen LogP contribution in [-0.4, -0.2) is 28.8 Å². The maximum absolute atomic E-state index is 14.6. The molecule has 0 radical (unpaired) electrons. The fourth-order valence-electron chi connectivity index (χ4n) is 5.05. The van der Waals surface area contributed by atoms with Crippen molar-refractivity contribution >= 4 is 11.8 Å². The summed E-state index contributed by atoms with van der Waals surface area (Å²) in [7, 11) is 0. The lowest BCUT2D eigenvalue weighted by Crippen LogP contribution is -2.50. The standard InChI is InChI=1S/C31H35FN2O2/c1-23(31(36)33-27-18-9-4-10-19-27)34(22-26-17-11-12-20-29(26)32)30(35)21-28(24-13-5-2-6-14-24)25-15-7-3-8-16-25/h2-3,5-8,11-17,20,23,27-28H,4,9-10,18-19,21-22H2,1H3,(H,33,36). The summed E-state index contributed by atoms with van der Waals surface area (Å²) in [5.74, 6) is -0.903. The Bertz CT molecular complexity index is 1090. The smallest absolute Gasteiger partial charge is 0.242 e. The van der Waals surface area contributed by atoms with Gasteiger partial charge in [0, 0.05) is 30.5 Å². The van der Waals surface area contributed by atoms with Gasteiger partial charge in [-0.1, -0.05) is 98.1 Å². The molecule has 2 amide bonds. The lowest BCUT2D eigenvalue weighted by molar-refractivity contribution is -0.141. The minimum Gasteiger partial charge on any atom is -0.352 e. The van der Waals surface area contributed by atoms with E-state index in [1.807, 2.05) is 60.7 Å². The normalized spacial score (nSPS) is 14.9. The average Bonchev–Trinajstić information content (AvgIpc) is 2.92. The summed E-state index contributed by atoms with van der Waals surface area (Å²) < 4.78 is 14.6. The highest BCUT2D eigenvalue weighted by Gasteiger charge is 2.30. The van der Waals surface area contributed by atoms with Crippen LogP contribution in [0.25, 0.3) is 0 Å². The molecule has 0 saturated heterocycles. The fourth-order valence-corrected chi connectivity index (χ4v) is 5.05. The number of benzene rings is 3. The lowest BCUT2D eigenvalue weighted by atomic mass is 9.88. The van der Waals surface area contributed by atoms with Crippen molar-refractivity contribution in [3.8, 4) is 0 Å². The van der Waals surface area contributed by atoms with Crippen molar-refractivity contribution in [2.45, 2.75) is 70.0 Å². The molecule has 1 atom stereocenters. The third-order valence-electron chi connectivity index (χ3n) is 7.20. The van der Waals surface area contributed by atoms with Crippen LogP contribution in [0, 0.1) is 5.82 Å². The number of carbonyl (C=O) groups excluding carboxylic acids is 2. The maximum Gasteiger partial charge on any atom is 0.242 e. The van der Waals surface area contributed by atoms with Crippen LogP contribution >= 0.6 is 0 Å². The van der Waals surface area contributed by atoms with Crippen LogP contribution in [0.15, 0.2) is 84.9 Å². The summed E-state index contributed by atoms with van der Waals surface area (Å²) in [6.07, 6.45) is 5.51. The van der Waals surface area contributed by atoms with Gasteiger partial charge >= 0.3 is 0 Å². The molecule has 4 rings (SSSR count). The van der Waals surface area contributed by atoms with Crippen molar-refractivity contribution in [1.29, 1.82) is 0 Å². The molecule has 188 valence electrons. The number of rotatable bonds is 9. The van der Waals surface area contributed by atoms with Crippen LogP contribution in [0.3, 0.4) is 0 Å². The molecule has 1 saturated carbocycles. The van der Waals surface area contributed by atoms with E-state index >= 15 is 0 Å². The second kappa shape index (κ2) is 12.5. The van der Waals surface area contributed by atoms with E-state index in [4.69, 9.17) is 0 Å². The number of nitrogens with one attached hydrogen (secondary N) is 1. The molecule has 0 aliphatic heterocycles. The van der Waals surface area contributed by atoms with Gasteiger partial charge in [0.15, 0.2) is 0 Å². The lowest BCUT2D eigenvalue weighted by Gasteiger charge is -2.32. The Hall–Kier alpha value is -3.47. The van der Waals surface area contributed by atoms with Crippen LogP contribution < -0.4 is 5.32 Å². The first-order valence-electron chi connectivity index (χ1n) is 13.0. The van der Waals surface area contributed by atoms with Crippen LogP contribution in [-0.2, 0) is 16.1 Å². The van der Waals surface area contributed by atoms with E-state index in [0.717, 1.165) is 36.8 Å². The molecule has 4 nitrogen and oxygen atoms in total. The molecule has 1 fully saturated rings. The molecule has 3 aromatic rings. The molecule has 5 heteroatoms. The SMILES string of the molecule is CC(C(=O)NC1CCCCC1)N(Cc1ccccc1F)C(=O)CC(c1ccccc1)c1ccccc1. The summed E-state index contributed by atoms with van der Waals surface area (Å²) in [5, 5.41) is 3.14. The number of halogens is 1. The van der Waals surface area contributed by atoms with Gasteiger partial charge in [0.2, 0.25) is 11.8 Å². The van der Waals surface area contributed by atoms with Gasteiger partial charge in [0.1, 0.15) is 11.9 Å². The number of amides is 2. The zero-order valence-electron chi connectivity index (χ0n) is 20.9. The van der Waals surface area contributed by atoms with Crippen molar-refractivity contribution < 1.29 is 14.0 Å². The molecule has 0 spiro atoms. The molecule has 3 aromatic carbocycles. The van der Waals surface area contributed by atoms with E-state index in [0.29, 0.717) is 5.56 Å². The van der Waals surface area contributed by atoms with E-state index in [-0.39, 0.29) is 42.6 Å². The summed E-state index contributed by atoms with van der Waals surface area (Å²) in [4.78, 5) is 28.7. The largest absolute Gasteiger partial charge is 0.352 e. The van der Waals surface area contributed by atoms with E-state index in [2.05, 4.69) is 5.32 Å². The first kappa shape index (κ1) is 25.6. The first-order valence-corrected chi connectivity index (χ1v) is 13.0. The fraction of sp³-hybridized carbons (Fsp3) is 0.355. The zero-order chi connectivity index (χ0) is 25.3. The Morgan fingerprint density at radius 1 is 0.861 bits per heavy atom. The molecule has 0 heterocycles. The topological polar surface area (TPSA) is 49.4 Å². The van der Waals surface area contributed by atoms with Gasteiger partial charge in [0.05, 0.1) is 0 Å². The van der Waals surface area contributed by atoms with Gasteiger partial charge < -0.3 is 10.2 Å². The predicted octanol–water partition coefficient (Wildman–Crippen LogP) is 6.21. The van der Waals surface area contributed by atoms with Gasteiger partial charge in [-0.05, 0) is 37.0 Å². The number of hydrogen-bond acceptors (Lipinski definition) is 2. The molecule has 0 bridgehead atoms. The molecule has 1 N–H and O–H groups in total. The Balaban J connectivity index is 1.60. The summed E-state index contributed by atoms with van der Waals surface area (Å²) >= 11 is 0. The molecule has 0 aromatic heterocycles. The molecule has 1 aliphatic rings. The Morgan fingerprint density at radius 2 is 1.42 bits per heavy atom. The van der Waals surface area contributed by atoms with E-state index < -0.39 is 6.04 Å². The van der Waals surface area contributed by atoms with Gasteiger partial charge in [-0.15, -0.1) is 0 Å². The van der Waals surface area contributed by atoms with Gasteiger partial charge in [-0.3, -0.25) is 9.59 Å². The number of nitrogens with zero attached hydrogens (tertiary/aromatic N) is 1. The number of hydrogen-bond donors (Lipinski definition) is 1. The summed E-state index contributed by atoms with van der Waals surface area (Å²) in [5.41, 5.74) is 2.46. The molecule has 1 unspecified atom stereocenters. The van der Waals surface area contributed by atoms with Gasteiger partial charge in [-0.25, -0.2) is 4.39 Å². The zero-order valence-corrected chi connectivity index (χ0v) is 20.9. The Labute approximate surface area is 213 Å². The maximum atomic E-state index is 14.6. The van der Waals surface area contributed by atoms with Crippen molar-refractivity contribution in [3.63, 3.8) is 0 Å². The number of carbonyl (C=O) groups is 2. The van der Waals surface area contributed by atoms with Crippen molar-refractivity contribution in [3.05, 3.63) is 107 Å². The molecular formula is C31H35FN2O2. The predicted molar refractivity (Wildman–Crippen MR) is 141 cm³/mol. The monoisotopic (exact) mass is 486 g/mol. The third-order valence-corrected chi connectivity index (χ3v) is 7.20. The highest BCUT2D eigenvalue weighted by atomic mass is 19.1. The summed E-state index contributed by atoms with van der Waals surface area (Å²) in [6.45, 7) is 1.79. The quantitative estimate of drug-likeness (QED) is 0.391. The highest BCUT2D eigenvalue weighted by Crippen LogP contribution is 2.29. The van der Waals surface area contributed by atoms with Crippen molar-refractivity contribution in [1.82, 2.24) is 10.2 Å². The van der Waals surface area contributed by atoms with Gasteiger partial charge in [0.25, 0.3) is 0 Å². The van der Waals surface area contributed by atoms with Crippen LogP contribution in [0.2, 0.25) is 0 Å². The second-order valence-electron chi connectivity index (χ2n) is 9.71. The first-order chi connectivity index (χ1) is 17.5.